The molecule has 0 aromatic rings. The molecule has 52 heavy (non-hydrogen) atoms. The van der Waals surface area contributed by atoms with Gasteiger partial charge in [-0.2, -0.15) is 0 Å². The topological polar surface area (TPSA) is 309 Å². The number of phosphoric ester groups is 1. The number of ether oxygens (including phenoxy) is 4. The lowest BCUT2D eigenvalue weighted by molar-refractivity contribution is -0.332. The van der Waals surface area contributed by atoms with Gasteiger partial charge in [0.15, 0.2) is 24.8 Å². The summed E-state index contributed by atoms with van der Waals surface area (Å²) in [6.07, 6.45) is -7.43. The Morgan fingerprint density at radius 2 is 1.54 bits per heavy atom. The third kappa shape index (κ3) is 14.3. The molecule has 0 radical (unpaired) electrons. The summed E-state index contributed by atoms with van der Waals surface area (Å²) in [4.78, 5) is 46.2. The highest BCUT2D eigenvalue weighted by Gasteiger charge is 2.53. The number of nitrogens with two attached hydrogens (primary N) is 2. The SMILES string of the molecule is CC(=O)N[C@H]1C(N)[C@H](O)C(CO)O[C@H]1OC1[C@H](OP(=O)(O)OCC(OC/C=C(/C)CC/C=C(\C)CCC=C(C)C)C(=O)O)OC(C(N)=O)C(O)[C@@H]1O. The fourth-order valence-corrected chi connectivity index (χ4v) is 6.08. The fourth-order valence-electron chi connectivity index (χ4n) is 5.26. The maximum absolute atomic E-state index is 13.0. The van der Waals surface area contributed by atoms with Crippen molar-refractivity contribution in [1.29, 1.82) is 0 Å². The van der Waals surface area contributed by atoms with Crippen molar-refractivity contribution in [1.82, 2.24) is 5.32 Å². The number of rotatable bonds is 20. The number of carboxylic acid groups (broad SMARTS) is 1. The molecule has 2 heterocycles. The molecular weight excluding hydrogens is 713 g/mol. The Bertz CT molecular complexity index is 1340. The number of hydrogen-bond donors (Lipinski definition) is 9. The summed E-state index contributed by atoms with van der Waals surface area (Å²) in [6.45, 7) is 7.17. The summed E-state index contributed by atoms with van der Waals surface area (Å²) in [6, 6.07) is -2.66. The van der Waals surface area contributed by atoms with E-state index in [-0.39, 0.29) is 6.61 Å². The quantitative estimate of drug-likeness (QED) is 0.0543. The maximum Gasteiger partial charge on any atom is 0.474 e. The van der Waals surface area contributed by atoms with Crippen molar-refractivity contribution in [2.45, 2.75) is 128 Å². The number of carbonyl (C=O) groups is 3. The Balaban J connectivity index is 2.13. The molecular formula is C32H54N3O16P. The van der Waals surface area contributed by atoms with E-state index < -0.39 is 106 Å². The Hall–Kier alpha value is -2.62. The van der Waals surface area contributed by atoms with Crippen molar-refractivity contribution in [3.05, 3.63) is 34.9 Å². The summed E-state index contributed by atoms with van der Waals surface area (Å²) in [5, 5.41) is 53.5. The molecule has 2 rings (SSSR count). The van der Waals surface area contributed by atoms with Gasteiger partial charge in [-0.05, 0) is 53.4 Å². The van der Waals surface area contributed by atoms with Gasteiger partial charge >= 0.3 is 13.8 Å². The predicted molar refractivity (Wildman–Crippen MR) is 182 cm³/mol. The standard InChI is InChI=1S/C32H54N3O16P/c1-16(2)8-6-9-17(3)10-7-11-18(4)12-13-46-21(30(42)43)15-47-52(44,45)51-32-28(26(40)25(39)27(49-32)29(34)41)50-31-23(35-19(5)37)22(33)24(38)20(14-36)48-31/h8,10,12,20-28,31-32,36,38-40H,6-7,9,11,13-15,33H2,1-5H3,(H2,34,41)(H,35,37)(H,42,43)(H,44,45)/b17-10+,18-12-/t20?,21?,22?,23-,24+,25?,26-,27?,28?,31-,32-/m0/s1. The van der Waals surface area contributed by atoms with Crippen LogP contribution in [0.15, 0.2) is 34.9 Å². The molecule has 12 atom stereocenters. The first-order valence-electron chi connectivity index (χ1n) is 16.7. The van der Waals surface area contributed by atoms with Crippen LogP contribution in [0.2, 0.25) is 0 Å². The van der Waals surface area contributed by atoms with Crippen LogP contribution in [-0.4, -0.2) is 135 Å². The first kappa shape index (κ1) is 45.5. The van der Waals surface area contributed by atoms with Gasteiger partial charge in [0.25, 0.3) is 0 Å². The van der Waals surface area contributed by atoms with Crippen molar-refractivity contribution in [2.24, 2.45) is 11.5 Å². The van der Waals surface area contributed by atoms with Gasteiger partial charge in [-0.1, -0.05) is 34.9 Å². The number of primary amides is 1. The zero-order valence-electron chi connectivity index (χ0n) is 29.9. The smallest absolute Gasteiger partial charge is 0.474 e. The summed E-state index contributed by atoms with van der Waals surface area (Å²) >= 11 is 0. The zero-order valence-corrected chi connectivity index (χ0v) is 30.8. The van der Waals surface area contributed by atoms with Crippen LogP contribution in [0, 0.1) is 0 Å². The zero-order chi connectivity index (χ0) is 39.3. The molecule has 2 amide bonds. The Morgan fingerprint density at radius 1 is 0.923 bits per heavy atom. The van der Waals surface area contributed by atoms with Crippen LogP contribution < -0.4 is 16.8 Å². The lowest BCUT2D eigenvalue weighted by Gasteiger charge is -2.47. The highest BCUT2D eigenvalue weighted by atomic mass is 31.2. The molecule has 0 saturated carbocycles. The third-order valence-electron chi connectivity index (χ3n) is 8.21. The minimum Gasteiger partial charge on any atom is -0.479 e. The maximum atomic E-state index is 13.0. The van der Waals surface area contributed by atoms with Crippen LogP contribution in [0.25, 0.3) is 0 Å². The molecule has 0 bridgehead atoms. The van der Waals surface area contributed by atoms with E-state index in [1.807, 2.05) is 20.8 Å². The van der Waals surface area contributed by atoms with Crippen LogP contribution >= 0.6 is 7.82 Å². The lowest BCUT2D eigenvalue weighted by atomic mass is 9.94. The number of hydrogen-bond acceptors (Lipinski definition) is 15. The van der Waals surface area contributed by atoms with Gasteiger partial charge in [0, 0.05) is 6.92 Å². The van der Waals surface area contributed by atoms with Crippen molar-refractivity contribution < 1.29 is 77.4 Å². The monoisotopic (exact) mass is 767 g/mol. The molecule has 0 spiro atoms. The number of aliphatic carboxylic acids is 1. The first-order valence-corrected chi connectivity index (χ1v) is 18.2. The number of carbonyl (C=O) groups excluding carboxylic acids is 2. The van der Waals surface area contributed by atoms with Crippen molar-refractivity contribution in [3.8, 4) is 0 Å². The fraction of sp³-hybridized carbons (Fsp3) is 0.719. The summed E-state index contributed by atoms with van der Waals surface area (Å²) < 4.78 is 44.8. The highest BCUT2D eigenvalue weighted by molar-refractivity contribution is 7.47. The number of carboxylic acids is 1. The number of allylic oxidation sites excluding steroid dienone is 5. The van der Waals surface area contributed by atoms with Crippen LogP contribution in [0.5, 0.6) is 0 Å². The molecule has 11 N–H and O–H groups in total. The largest absolute Gasteiger partial charge is 0.479 e. The first-order chi connectivity index (χ1) is 24.3. The Kier molecular flexibility index (Phi) is 18.7. The minimum atomic E-state index is -5.35. The van der Waals surface area contributed by atoms with E-state index in [1.165, 1.54) is 11.1 Å². The third-order valence-corrected chi connectivity index (χ3v) is 9.16. The average molecular weight is 768 g/mol. The van der Waals surface area contributed by atoms with Crippen LogP contribution in [0.1, 0.15) is 60.3 Å². The van der Waals surface area contributed by atoms with E-state index in [9.17, 15) is 49.4 Å². The van der Waals surface area contributed by atoms with E-state index in [0.29, 0.717) is 6.42 Å². The second-order valence-corrected chi connectivity index (χ2v) is 14.3. The molecule has 2 fully saturated rings. The molecule has 0 aromatic carbocycles. The number of nitrogens with one attached hydrogen (secondary N) is 1. The molecule has 0 aromatic heterocycles. The van der Waals surface area contributed by atoms with Gasteiger partial charge in [-0.15, -0.1) is 0 Å². The van der Waals surface area contributed by atoms with Gasteiger partial charge in [-0.25, -0.2) is 9.36 Å². The van der Waals surface area contributed by atoms with E-state index >= 15 is 0 Å². The van der Waals surface area contributed by atoms with E-state index in [2.05, 4.69) is 24.4 Å². The average Bonchev–Trinajstić information content (AvgIpc) is 3.04. The number of phosphoric acid groups is 1. The molecule has 2 saturated heterocycles. The van der Waals surface area contributed by atoms with Crippen LogP contribution in [0.4, 0.5) is 0 Å². The molecule has 298 valence electrons. The van der Waals surface area contributed by atoms with E-state index in [0.717, 1.165) is 31.8 Å². The summed E-state index contributed by atoms with van der Waals surface area (Å²) in [5.41, 5.74) is 14.7. The molecule has 20 heteroatoms. The number of aliphatic hydroxyl groups excluding tert-OH is 4. The van der Waals surface area contributed by atoms with E-state index in [4.69, 9.17) is 39.5 Å². The van der Waals surface area contributed by atoms with Crippen molar-refractivity contribution >= 4 is 25.6 Å². The highest BCUT2D eigenvalue weighted by Crippen LogP contribution is 2.47. The molecule has 7 unspecified atom stereocenters. The van der Waals surface area contributed by atoms with Crippen molar-refractivity contribution in [3.63, 3.8) is 0 Å². The Labute approximate surface area is 302 Å². The van der Waals surface area contributed by atoms with E-state index in [1.54, 1.807) is 6.08 Å². The second-order valence-electron chi connectivity index (χ2n) is 12.9. The predicted octanol–water partition coefficient (Wildman–Crippen LogP) is -0.764. The molecule has 19 nitrogen and oxygen atoms in total. The lowest BCUT2D eigenvalue weighted by Crippen LogP contribution is -2.70. The normalized spacial score (nSPS) is 31.7. The molecule has 2 aliphatic heterocycles. The number of amides is 2. The van der Waals surface area contributed by atoms with Crippen LogP contribution in [0.3, 0.4) is 0 Å². The second kappa shape index (κ2) is 21.3. The van der Waals surface area contributed by atoms with Gasteiger partial charge in [-0.3, -0.25) is 18.6 Å². The van der Waals surface area contributed by atoms with Gasteiger partial charge < -0.3 is 66.2 Å². The summed E-state index contributed by atoms with van der Waals surface area (Å²) in [7, 11) is -5.35. The van der Waals surface area contributed by atoms with Crippen LogP contribution in [-0.2, 0) is 46.9 Å². The molecule has 2 aliphatic rings. The van der Waals surface area contributed by atoms with Crippen molar-refractivity contribution in [2.75, 3.05) is 19.8 Å². The number of aliphatic hydroxyl groups is 4. The van der Waals surface area contributed by atoms with Gasteiger partial charge in [0.1, 0.15) is 24.4 Å². The van der Waals surface area contributed by atoms with Gasteiger partial charge in [0.2, 0.25) is 11.8 Å². The van der Waals surface area contributed by atoms with Gasteiger partial charge in [0.05, 0.1) is 38.0 Å². The Morgan fingerprint density at radius 3 is 2.10 bits per heavy atom. The molecule has 0 aliphatic carbocycles. The summed E-state index contributed by atoms with van der Waals surface area (Å²) in [5.74, 6) is -3.49. The minimum absolute atomic E-state index is 0.166.